The number of esters is 1. The molecule has 0 aromatic heterocycles. The Balaban J connectivity index is 2.50. The Morgan fingerprint density at radius 2 is 2.19 bits per heavy atom. The van der Waals surface area contributed by atoms with Crippen LogP contribution in [0.4, 0.5) is 10.1 Å². The van der Waals surface area contributed by atoms with Crippen molar-refractivity contribution in [2.75, 3.05) is 12.3 Å². The summed E-state index contributed by atoms with van der Waals surface area (Å²) >= 11 is 0. The van der Waals surface area contributed by atoms with Crippen molar-refractivity contribution in [2.45, 2.75) is 26.2 Å². The third kappa shape index (κ3) is 3.53. The van der Waals surface area contributed by atoms with E-state index in [0.29, 0.717) is 6.61 Å². The zero-order valence-electron chi connectivity index (χ0n) is 9.33. The molecule has 0 spiro atoms. The lowest BCUT2D eigenvalue weighted by Crippen LogP contribution is -2.07. The molecule has 0 fully saturated rings. The van der Waals surface area contributed by atoms with Gasteiger partial charge in [-0.05, 0) is 24.6 Å². The molecular weight excluding hydrogens is 209 g/mol. The molecule has 1 rings (SSSR count). The normalized spacial score (nSPS) is 10.1. The number of ether oxygens (including phenoxy) is 1. The lowest BCUT2D eigenvalue weighted by molar-refractivity contribution is 0.0498. The fourth-order valence-electron chi connectivity index (χ4n) is 1.27. The Hall–Kier alpha value is -1.58. The predicted molar refractivity (Wildman–Crippen MR) is 60.6 cm³/mol. The molecule has 88 valence electrons. The number of nitrogens with two attached hydrogens (primary N) is 1. The molecule has 0 radical (unpaired) electrons. The number of nitrogen functional groups attached to an aromatic ring is 1. The number of hydrogen-bond donors (Lipinski definition) is 1. The average Bonchev–Trinajstić information content (AvgIpc) is 2.28. The first-order chi connectivity index (χ1) is 7.65. The maximum atomic E-state index is 12.8. The Bertz CT molecular complexity index is 366. The van der Waals surface area contributed by atoms with Crippen molar-refractivity contribution < 1.29 is 13.9 Å². The first-order valence-corrected chi connectivity index (χ1v) is 5.37. The van der Waals surface area contributed by atoms with Crippen LogP contribution in [0.25, 0.3) is 0 Å². The van der Waals surface area contributed by atoms with Crippen LogP contribution in [-0.4, -0.2) is 12.6 Å². The number of rotatable bonds is 5. The second kappa shape index (κ2) is 6.10. The molecule has 4 heteroatoms. The maximum Gasteiger partial charge on any atom is 0.338 e. The van der Waals surface area contributed by atoms with E-state index in [0.717, 1.165) is 25.3 Å². The van der Waals surface area contributed by atoms with Crippen molar-refractivity contribution in [1.82, 2.24) is 0 Å². The largest absolute Gasteiger partial charge is 0.462 e. The predicted octanol–water partition coefficient (Wildman–Crippen LogP) is 2.75. The fourth-order valence-corrected chi connectivity index (χ4v) is 1.27. The second-order valence-corrected chi connectivity index (χ2v) is 3.58. The lowest BCUT2D eigenvalue weighted by Gasteiger charge is -2.05. The van der Waals surface area contributed by atoms with Gasteiger partial charge in [-0.1, -0.05) is 19.8 Å². The van der Waals surface area contributed by atoms with E-state index < -0.39 is 11.8 Å². The summed E-state index contributed by atoms with van der Waals surface area (Å²) in [6.45, 7) is 2.46. The molecule has 0 heterocycles. The fraction of sp³-hybridized carbons (Fsp3) is 0.417. The molecule has 0 atom stereocenters. The van der Waals surface area contributed by atoms with E-state index in [9.17, 15) is 9.18 Å². The van der Waals surface area contributed by atoms with Crippen LogP contribution in [0.2, 0.25) is 0 Å². The molecule has 0 unspecified atom stereocenters. The highest BCUT2D eigenvalue weighted by Gasteiger charge is 2.08. The van der Waals surface area contributed by atoms with E-state index in [1.165, 1.54) is 12.1 Å². The van der Waals surface area contributed by atoms with Gasteiger partial charge in [-0.2, -0.15) is 0 Å². The summed E-state index contributed by atoms with van der Waals surface area (Å²) in [5.41, 5.74) is 5.60. The molecular formula is C12H16FNO2. The van der Waals surface area contributed by atoms with Crippen LogP contribution in [0.15, 0.2) is 18.2 Å². The third-order valence-corrected chi connectivity index (χ3v) is 2.21. The molecule has 3 nitrogen and oxygen atoms in total. The van der Waals surface area contributed by atoms with Gasteiger partial charge >= 0.3 is 5.97 Å². The van der Waals surface area contributed by atoms with Crippen molar-refractivity contribution in [3.05, 3.63) is 29.6 Å². The molecule has 0 bridgehead atoms. The van der Waals surface area contributed by atoms with Crippen LogP contribution in [0.5, 0.6) is 0 Å². The van der Waals surface area contributed by atoms with E-state index in [1.807, 2.05) is 0 Å². The summed E-state index contributed by atoms with van der Waals surface area (Å²) in [7, 11) is 0. The Morgan fingerprint density at radius 1 is 1.44 bits per heavy atom. The van der Waals surface area contributed by atoms with Crippen molar-refractivity contribution in [2.24, 2.45) is 0 Å². The van der Waals surface area contributed by atoms with Gasteiger partial charge in [0.2, 0.25) is 0 Å². The number of hydrogen-bond acceptors (Lipinski definition) is 3. The van der Waals surface area contributed by atoms with Gasteiger partial charge in [0.1, 0.15) is 5.82 Å². The van der Waals surface area contributed by atoms with Gasteiger partial charge in [-0.3, -0.25) is 0 Å². The van der Waals surface area contributed by atoms with Gasteiger partial charge < -0.3 is 10.5 Å². The number of carbonyl (C=O) groups is 1. The van der Waals surface area contributed by atoms with Crippen LogP contribution < -0.4 is 5.73 Å². The molecule has 0 amide bonds. The van der Waals surface area contributed by atoms with Gasteiger partial charge in [0.05, 0.1) is 17.9 Å². The number of carbonyl (C=O) groups excluding carboxylic acids is 1. The first kappa shape index (κ1) is 12.5. The second-order valence-electron chi connectivity index (χ2n) is 3.58. The van der Waals surface area contributed by atoms with Gasteiger partial charge in [0.25, 0.3) is 0 Å². The molecule has 0 saturated carbocycles. The summed E-state index contributed by atoms with van der Waals surface area (Å²) in [6, 6.07) is 3.82. The van der Waals surface area contributed by atoms with Gasteiger partial charge in [0, 0.05) is 0 Å². The first-order valence-electron chi connectivity index (χ1n) is 5.37. The SMILES string of the molecule is CCCCCOC(=O)c1ccc(F)c(N)c1. The molecule has 1 aromatic carbocycles. The zero-order chi connectivity index (χ0) is 12.0. The maximum absolute atomic E-state index is 12.8. The topological polar surface area (TPSA) is 52.3 Å². The van der Waals surface area contributed by atoms with Crippen molar-refractivity contribution in [3.63, 3.8) is 0 Å². The van der Waals surface area contributed by atoms with Crippen LogP contribution in [0.1, 0.15) is 36.5 Å². The highest BCUT2D eigenvalue weighted by molar-refractivity contribution is 5.90. The summed E-state index contributed by atoms with van der Waals surface area (Å²) in [5.74, 6) is -0.981. The van der Waals surface area contributed by atoms with E-state index in [2.05, 4.69) is 6.92 Å². The molecule has 0 aliphatic heterocycles. The number of halogens is 1. The van der Waals surface area contributed by atoms with Crippen molar-refractivity contribution >= 4 is 11.7 Å². The minimum Gasteiger partial charge on any atom is -0.462 e. The van der Waals surface area contributed by atoms with Crippen LogP contribution in [-0.2, 0) is 4.74 Å². The van der Waals surface area contributed by atoms with Crippen LogP contribution in [0, 0.1) is 5.82 Å². The van der Waals surface area contributed by atoms with Crippen LogP contribution >= 0.6 is 0 Å². The van der Waals surface area contributed by atoms with E-state index in [-0.39, 0.29) is 11.3 Å². The Morgan fingerprint density at radius 3 is 2.81 bits per heavy atom. The average molecular weight is 225 g/mol. The number of benzene rings is 1. The summed E-state index contributed by atoms with van der Waals surface area (Å²) < 4.78 is 17.8. The van der Waals surface area contributed by atoms with Gasteiger partial charge in [-0.25, -0.2) is 9.18 Å². The highest BCUT2D eigenvalue weighted by atomic mass is 19.1. The number of unbranched alkanes of at least 4 members (excludes halogenated alkanes) is 2. The minimum atomic E-state index is -0.525. The van der Waals surface area contributed by atoms with Crippen molar-refractivity contribution in [3.8, 4) is 0 Å². The summed E-state index contributed by atoms with van der Waals surface area (Å²) in [6.07, 6.45) is 2.94. The summed E-state index contributed by atoms with van der Waals surface area (Å²) in [5, 5.41) is 0. The third-order valence-electron chi connectivity index (χ3n) is 2.21. The monoisotopic (exact) mass is 225 g/mol. The number of anilines is 1. The smallest absolute Gasteiger partial charge is 0.338 e. The van der Waals surface area contributed by atoms with Crippen LogP contribution in [0.3, 0.4) is 0 Å². The molecule has 1 aromatic rings. The highest BCUT2D eigenvalue weighted by Crippen LogP contribution is 2.13. The molecule has 2 N–H and O–H groups in total. The summed E-state index contributed by atoms with van der Waals surface area (Å²) in [4.78, 5) is 11.5. The van der Waals surface area contributed by atoms with E-state index in [4.69, 9.17) is 10.5 Å². The Kier molecular flexibility index (Phi) is 4.76. The molecule has 16 heavy (non-hydrogen) atoms. The van der Waals surface area contributed by atoms with E-state index >= 15 is 0 Å². The van der Waals surface area contributed by atoms with Crippen molar-refractivity contribution in [1.29, 1.82) is 0 Å². The standard InChI is InChI=1S/C12H16FNO2/c1-2-3-4-7-16-12(15)9-5-6-10(13)11(14)8-9/h5-6,8H,2-4,7,14H2,1H3. The zero-order valence-corrected chi connectivity index (χ0v) is 9.33. The van der Waals surface area contributed by atoms with Gasteiger partial charge in [-0.15, -0.1) is 0 Å². The molecule has 0 saturated heterocycles. The Labute approximate surface area is 94.4 Å². The van der Waals surface area contributed by atoms with E-state index in [1.54, 1.807) is 0 Å². The minimum absolute atomic E-state index is 0.0389. The molecule has 0 aliphatic carbocycles. The quantitative estimate of drug-likeness (QED) is 0.476. The van der Waals surface area contributed by atoms with Gasteiger partial charge in [0.15, 0.2) is 0 Å². The lowest BCUT2D eigenvalue weighted by atomic mass is 10.2. The molecule has 0 aliphatic rings.